The number of amides is 4. The van der Waals surface area contributed by atoms with E-state index in [1.165, 1.54) is 12.0 Å². The zero-order valence-corrected chi connectivity index (χ0v) is 17.5. The number of imide groups is 1. The average Bonchev–Trinajstić information content (AvgIpc) is 3.37. The number of halogens is 2. The van der Waals surface area contributed by atoms with Crippen LogP contribution in [0.25, 0.3) is 11.0 Å². The van der Waals surface area contributed by atoms with Gasteiger partial charge in [0.25, 0.3) is 11.8 Å². The molecule has 1 atom stereocenters. The lowest BCUT2D eigenvalue weighted by atomic mass is 9.95. The number of ether oxygens (including phenoxy) is 1. The Bertz CT molecular complexity index is 1260. The number of fused-ring (bicyclic) bond motifs is 2. The van der Waals surface area contributed by atoms with Crippen LogP contribution in [0, 0.1) is 0 Å². The molecule has 0 radical (unpaired) electrons. The minimum absolute atomic E-state index is 0.0984. The second-order valence-corrected chi connectivity index (χ2v) is 8.02. The first-order valence-corrected chi connectivity index (χ1v) is 9.91. The second kappa shape index (κ2) is 6.86. The number of carbonyl (C=O) groups excluding carboxylic acids is 3. The summed E-state index contributed by atoms with van der Waals surface area (Å²) in [6.45, 7) is -0.0358. The summed E-state index contributed by atoms with van der Waals surface area (Å²) < 4.78 is 11.1. The van der Waals surface area contributed by atoms with Gasteiger partial charge in [0.1, 0.15) is 11.3 Å². The number of furan rings is 1. The minimum Gasteiger partial charge on any atom is -0.494 e. The third kappa shape index (κ3) is 2.84. The number of hydrogen-bond donors (Lipinski definition) is 2. The van der Waals surface area contributed by atoms with Crippen molar-refractivity contribution in [1.29, 1.82) is 0 Å². The number of rotatable bonds is 4. The number of pyridine rings is 1. The Labute approximate surface area is 185 Å². The van der Waals surface area contributed by atoms with Gasteiger partial charge in [-0.25, -0.2) is 4.79 Å². The molecule has 2 aromatic heterocycles. The summed E-state index contributed by atoms with van der Waals surface area (Å²) in [5, 5.41) is 5.88. The third-order valence-electron chi connectivity index (χ3n) is 5.43. The maximum atomic E-state index is 13.2. The molecule has 31 heavy (non-hydrogen) atoms. The number of urea groups is 1. The standard InChI is InChI=1S/C20H14Cl2N4O5/c1-30-16-11(21)4-10-7-26(17(27)14(10)15(16)22)8-20(18(28)24-19(29)25-20)13-5-9-6-23-3-2-12(9)31-13/h2-6H,7-8H2,1H3,(H2,24,25,28,29). The van der Waals surface area contributed by atoms with Crippen LogP contribution >= 0.6 is 23.2 Å². The fourth-order valence-corrected chi connectivity index (χ4v) is 4.72. The molecule has 1 fully saturated rings. The Morgan fingerprint density at radius 3 is 2.77 bits per heavy atom. The van der Waals surface area contributed by atoms with E-state index in [4.69, 9.17) is 32.4 Å². The van der Waals surface area contributed by atoms with Crippen LogP contribution < -0.4 is 15.4 Å². The highest BCUT2D eigenvalue weighted by Crippen LogP contribution is 2.42. The Hall–Kier alpha value is -3.30. The SMILES string of the molecule is COc1c(Cl)cc2c(c1Cl)C(=O)N(CC1(c3cc4cnccc4o3)NC(=O)NC1=O)C2. The van der Waals surface area contributed by atoms with Gasteiger partial charge < -0.3 is 19.4 Å². The van der Waals surface area contributed by atoms with Crippen LogP contribution in [0.5, 0.6) is 5.75 Å². The van der Waals surface area contributed by atoms with E-state index in [1.807, 2.05) is 0 Å². The van der Waals surface area contributed by atoms with Gasteiger partial charge in [-0.3, -0.25) is 19.9 Å². The van der Waals surface area contributed by atoms with Crippen molar-refractivity contribution in [2.24, 2.45) is 0 Å². The van der Waals surface area contributed by atoms with E-state index < -0.39 is 23.4 Å². The molecule has 5 rings (SSSR count). The molecule has 11 heteroatoms. The lowest BCUT2D eigenvalue weighted by molar-refractivity contribution is -0.125. The number of aromatic nitrogens is 1. The number of carbonyl (C=O) groups is 3. The fourth-order valence-electron chi connectivity index (χ4n) is 3.99. The summed E-state index contributed by atoms with van der Waals surface area (Å²) in [6.07, 6.45) is 3.13. The van der Waals surface area contributed by atoms with Gasteiger partial charge >= 0.3 is 6.03 Å². The molecule has 9 nitrogen and oxygen atoms in total. The normalized spacial score (nSPS) is 20.2. The highest BCUT2D eigenvalue weighted by atomic mass is 35.5. The summed E-state index contributed by atoms with van der Waals surface area (Å²) in [5.74, 6) is -0.663. The lowest BCUT2D eigenvalue weighted by Crippen LogP contribution is -2.52. The van der Waals surface area contributed by atoms with Crippen molar-refractivity contribution >= 4 is 52.0 Å². The van der Waals surface area contributed by atoms with Crippen LogP contribution in [0.15, 0.2) is 35.0 Å². The van der Waals surface area contributed by atoms with E-state index in [2.05, 4.69) is 15.6 Å². The molecule has 4 heterocycles. The molecule has 2 aliphatic rings. The van der Waals surface area contributed by atoms with Crippen molar-refractivity contribution in [2.45, 2.75) is 12.1 Å². The predicted molar refractivity (Wildman–Crippen MR) is 110 cm³/mol. The number of nitrogens with one attached hydrogen (secondary N) is 2. The monoisotopic (exact) mass is 460 g/mol. The van der Waals surface area contributed by atoms with Crippen molar-refractivity contribution in [3.8, 4) is 5.75 Å². The van der Waals surface area contributed by atoms with Gasteiger partial charge in [0.2, 0.25) is 0 Å². The van der Waals surface area contributed by atoms with Crippen molar-refractivity contribution in [2.75, 3.05) is 13.7 Å². The van der Waals surface area contributed by atoms with Crippen LogP contribution in [-0.2, 0) is 16.9 Å². The molecular weight excluding hydrogens is 447 g/mol. The van der Waals surface area contributed by atoms with Crippen LogP contribution in [0.3, 0.4) is 0 Å². The van der Waals surface area contributed by atoms with Gasteiger partial charge in [-0.15, -0.1) is 0 Å². The van der Waals surface area contributed by atoms with E-state index in [0.29, 0.717) is 16.5 Å². The predicted octanol–water partition coefficient (Wildman–Crippen LogP) is 2.83. The smallest absolute Gasteiger partial charge is 0.322 e. The Balaban J connectivity index is 1.57. The number of benzene rings is 1. The van der Waals surface area contributed by atoms with Crippen molar-refractivity contribution in [1.82, 2.24) is 20.5 Å². The van der Waals surface area contributed by atoms with Crippen LogP contribution in [-0.4, -0.2) is 41.4 Å². The summed E-state index contributed by atoms with van der Waals surface area (Å²) in [4.78, 5) is 43.6. The summed E-state index contributed by atoms with van der Waals surface area (Å²) in [7, 11) is 1.40. The van der Waals surface area contributed by atoms with Gasteiger partial charge in [0.15, 0.2) is 11.3 Å². The molecule has 158 valence electrons. The topological polar surface area (TPSA) is 114 Å². The Morgan fingerprint density at radius 1 is 1.29 bits per heavy atom. The van der Waals surface area contributed by atoms with Gasteiger partial charge in [0.05, 0.1) is 29.3 Å². The zero-order chi connectivity index (χ0) is 21.9. The molecule has 1 unspecified atom stereocenters. The summed E-state index contributed by atoms with van der Waals surface area (Å²) in [6, 6.07) is 4.18. The summed E-state index contributed by atoms with van der Waals surface area (Å²) in [5.41, 5.74) is -0.284. The quantitative estimate of drug-likeness (QED) is 0.578. The van der Waals surface area contributed by atoms with Gasteiger partial charge in [-0.2, -0.15) is 0 Å². The summed E-state index contributed by atoms with van der Waals surface area (Å²) >= 11 is 12.6. The molecule has 1 saturated heterocycles. The minimum atomic E-state index is -1.62. The van der Waals surface area contributed by atoms with Crippen molar-refractivity contribution in [3.05, 3.63) is 57.5 Å². The Kier molecular flexibility index (Phi) is 4.35. The van der Waals surface area contributed by atoms with Gasteiger partial charge in [-0.1, -0.05) is 23.2 Å². The van der Waals surface area contributed by atoms with E-state index >= 15 is 0 Å². The number of nitrogens with zero attached hydrogens (tertiary/aromatic N) is 2. The maximum Gasteiger partial charge on any atom is 0.322 e. The zero-order valence-electron chi connectivity index (χ0n) is 16.0. The first-order valence-electron chi connectivity index (χ1n) is 9.16. The van der Waals surface area contributed by atoms with Gasteiger partial charge in [0, 0.05) is 24.3 Å². The molecule has 0 spiro atoms. The van der Waals surface area contributed by atoms with E-state index in [9.17, 15) is 14.4 Å². The molecule has 0 bridgehead atoms. The lowest BCUT2D eigenvalue weighted by Gasteiger charge is -2.29. The average molecular weight is 461 g/mol. The van der Waals surface area contributed by atoms with Crippen LogP contribution in [0.1, 0.15) is 21.7 Å². The molecule has 2 N–H and O–H groups in total. The van der Waals surface area contributed by atoms with Crippen molar-refractivity contribution in [3.63, 3.8) is 0 Å². The number of methoxy groups -OCH3 is 1. The van der Waals surface area contributed by atoms with Crippen LogP contribution in [0.4, 0.5) is 4.79 Å². The molecule has 2 aliphatic heterocycles. The van der Waals surface area contributed by atoms with Gasteiger partial charge in [-0.05, 0) is 23.8 Å². The van der Waals surface area contributed by atoms with E-state index in [1.54, 1.807) is 30.6 Å². The molecule has 4 amide bonds. The fraction of sp³-hybridized carbons (Fsp3) is 0.200. The van der Waals surface area contributed by atoms with Crippen molar-refractivity contribution < 1.29 is 23.5 Å². The Morgan fingerprint density at radius 2 is 2.10 bits per heavy atom. The molecule has 3 aromatic rings. The van der Waals surface area contributed by atoms with Crippen LogP contribution in [0.2, 0.25) is 10.0 Å². The molecule has 1 aromatic carbocycles. The first kappa shape index (κ1) is 19.7. The maximum absolute atomic E-state index is 13.2. The van der Waals surface area contributed by atoms with E-state index in [0.717, 1.165) is 0 Å². The molecule has 0 aliphatic carbocycles. The largest absolute Gasteiger partial charge is 0.494 e. The molecular formula is C20H14Cl2N4O5. The molecule has 0 saturated carbocycles. The third-order valence-corrected chi connectivity index (χ3v) is 6.07. The highest BCUT2D eigenvalue weighted by Gasteiger charge is 2.53. The number of hydrogen-bond acceptors (Lipinski definition) is 6. The van der Waals surface area contributed by atoms with E-state index in [-0.39, 0.29) is 40.2 Å². The first-order chi connectivity index (χ1) is 14.8. The highest BCUT2D eigenvalue weighted by molar-refractivity contribution is 6.39. The second-order valence-electron chi connectivity index (χ2n) is 7.24.